The summed E-state index contributed by atoms with van der Waals surface area (Å²) in [5.74, 6) is 0.719. The molecule has 0 radical (unpaired) electrons. The van der Waals surface area contributed by atoms with Crippen LogP contribution in [0.1, 0.15) is 48.0 Å². The number of rotatable bonds is 4. The second kappa shape index (κ2) is 7.10. The summed E-state index contributed by atoms with van der Waals surface area (Å²) >= 11 is 5.85. The molecule has 19 heavy (non-hydrogen) atoms. The lowest BCUT2D eigenvalue weighted by Crippen LogP contribution is -2.62. The van der Waals surface area contributed by atoms with Crippen LogP contribution in [0.3, 0.4) is 0 Å². The van der Waals surface area contributed by atoms with Gasteiger partial charge >= 0.3 is 0 Å². The topological polar surface area (TPSA) is 15.3 Å². The van der Waals surface area contributed by atoms with Gasteiger partial charge < -0.3 is 5.32 Å². The Balaban J connectivity index is 2.80. The highest BCUT2D eigenvalue weighted by Crippen LogP contribution is 2.27. The predicted molar refractivity (Wildman–Crippen MR) is 85.7 cm³/mol. The average molecular weight is 287 g/mol. The first-order chi connectivity index (χ1) is 8.79. The van der Waals surface area contributed by atoms with E-state index in [1.165, 1.54) is 12.0 Å². The summed E-state index contributed by atoms with van der Waals surface area (Å²) in [6.07, 6.45) is 1.23. The maximum absolute atomic E-state index is 5.85. The minimum atomic E-state index is 0.303. The number of nitrogens with one attached hydrogen (secondary N) is 1. The van der Waals surface area contributed by atoms with E-state index < -0.39 is 0 Å². The highest BCUT2D eigenvalue weighted by atomic mass is 35.5. The Morgan fingerprint density at radius 3 is 2.58 bits per heavy atom. The maximum atomic E-state index is 5.85. The maximum Gasteiger partial charge on any atom is 0.0250 e. The molecule has 1 fully saturated rings. The van der Waals surface area contributed by atoms with Crippen LogP contribution in [-0.2, 0) is 0 Å². The first-order valence-electron chi connectivity index (χ1n) is 7.52. The van der Waals surface area contributed by atoms with Gasteiger partial charge in [0.05, 0.1) is 0 Å². The molecule has 3 heteroatoms. The Bertz CT molecular complexity index is 306. The third kappa shape index (κ3) is 4.77. The monoisotopic (exact) mass is 286 g/mol. The van der Waals surface area contributed by atoms with E-state index in [-0.39, 0.29) is 0 Å². The molecule has 0 amide bonds. The molecule has 0 aliphatic carbocycles. The molecule has 0 bridgehead atoms. The van der Waals surface area contributed by atoms with Gasteiger partial charge in [-0.25, -0.2) is 0 Å². The summed E-state index contributed by atoms with van der Waals surface area (Å²) in [7, 11) is 0. The van der Waals surface area contributed by atoms with Crippen LogP contribution in [0.15, 0.2) is 11.1 Å². The van der Waals surface area contributed by atoms with Crippen LogP contribution < -0.4 is 5.32 Å². The van der Waals surface area contributed by atoms with Crippen LogP contribution in [0.4, 0.5) is 0 Å². The molecule has 3 atom stereocenters. The number of piperazine rings is 1. The van der Waals surface area contributed by atoms with Crippen molar-refractivity contribution in [2.75, 3.05) is 19.6 Å². The molecule has 112 valence electrons. The van der Waals surface area contributed by atoms with Crippen molar-refractivity contribution in [1.82, 2.24) is 10.2 Å². The van der Waals surface area contributed by atoms with Crippen molar-refractivity contribution >= 4 is 11.6 Å². The molecule has 0 spiro atoms. The summed E-state index contributed by atoms with van der Waals surface area (Å²) < 4.78 is 0. The molecule has 0 saturated carbocycles. The third-order valence-corrected chi connectivity index (χ3v) is 4.82. The van der Waals surface area contributed by atoms with Gasteiger partial charge in [0.15, 0.2) is 0 Å². The highest BCUT2D eigenvalue weighted by molar-refractivity contribution is 6.25. The Hall–Kier alpha value is -0.0500. The molecule has 1 rings (SSSR count). The van der Waals surface area contributed by atoms with Gasteiger partial charge in [-0.1, -0.05) is 52.6 Å². The Labute approximate surface area is 124 Å². The van der Waals surface area contributed by atoms with E-state index in [2.05, 4.69) is 51.8 Å². The smallest absolute Gasteiger partial charge is 0.0250 e. The van der Waals surface area contributed by atoms with Crippen molar-refractivity contribution in [1.29, 1.82) is 0 Å². The minimum absolute atomic E-state index is 0.303. The van der Waals surface area contributed by atoms with Gasteiger partial charge in [-0.2, -0.15) is 0 Å². The lowest BCUT2D eigenvalue weighted by molar-refractivity contribution is 0.0658. The molecule has 3 unspecified atom stereocenters. The van der Waals surface area contributed by atoms with Crippen LogP contribution in [0.2, 0.25) is 0 Å². The molecule has 1 N–H and O–H groups in total. The third-order valence-electron chi connectivity index (χ3n) is 4.44. The Morgan fingerprint density at radius 1 is 1.47 bits per heavy atom. The molecule has 0 aromatic rings. The van der Waals surface area contributed by atoms with Crippen LogP contribution in [0.25, 0.3) is 0 Å². The van der Waals surface area contributed by atoms with Gasteiger partial charge in [-0.05, 0) is 23.8 Å². The summed E-state index contributed by atoms with van der Waals surface area (Å²) in [6.45, 7) is 16.9. The van der Waals surface area contributed by atoms with Crippen molar-refractivity contribution < 1.29 is 0 Å². The van der Waals surface area contributed by atoms with Gasteiger partial charge in [-0.15, -0.1) is 0 Å². The van der Waals surface area contributed by atoms with Crippen LogP contribution in [0.5, 0.6) is 0 Å². The molecular weight excluding hydrogens is 256 g/mol. The van der Waals surface area contributed by atoms with Crippen LogP contribution in [0, 0.1) is 11.3 Å². The number of nitrogens with zero attached hydrogens (tertiary/aromatic N) is 1. The molecule has 1 aliphatic rings. The number of hydrogen-bond acceptors (Lipinski definition) is 2. The second-order valence-corrected chi connectivity index (χ2v) is 7.38. The van der Waals surface area contributed by atoms with Gasteiger partial charge in [0.2, 0.25) is 0 Å². The van der Waals surface area contributed by atoms with Crippen molar-refractivity contribution in [3.8, 4) is 0 Å². The molecule has 0 aromatic carbocycles. The zero-order chi connectivity index (χ0) is 14.6. The minimum Gasteiger partial charge on any atom is -0.311 e. The van der Waals surface area contributed by atoms with Gasteiger partial charge in [0.1, 0.15) is 0 Å². The van der Waals surface area contributed by atoms with E-state index in [1.807, 2.05) is 0 Å². The van der Waals surface area contributed by atoms with Crippen molar-refractivity contribution in [2.24, 2.45) is 11.3 Å². The summed E-state index contributed by atoms with van der Waals surface area (Å²) in [6, 6.07) is 1.17. The zero-order valence-corrected chi connectivity index (χ0v) is 14.2. The molecule has 0 aromatic heterocycles. The zero-order valence-electron chi connectivity index (χ0n) is 13.5. The summed E-state index contributed by atoms with van der Waals surface area (Å²) in [5.41, 5.74) is 3.28. The van der Waals surface area contributed by atoms with Crippen molar-refractivity contribution in [3.05, 3.63) is 11.1 Å². The van der Waals surface area contributed by atoms with E-state index in [1.54, 1.807) is 5.54 Å². The average Bonchev–Trinajstić information content (AvgIpc) is 2.36. The Kier molecular flexibility index (Phi) is 6.35. The van der Waals surface area contributed by atoms with Gasteiger partial charge in [-0.3, -0.25) is 4.90 Å². The van der Waals surface area contributed by atoms with E-state index in [4.69, 9.17) is 11.6 Å². The second-order valence-electron chi connectivity index (χ2n) is 7.16. The largest absolute Gasteiger partial charge is 0.311 e. The first-order valence-corrected chi connectivity index (χ1v) is 7.96. The van der Waals surface area contributed by atoms with E-state index >= 15 is 0 Å². The summed E-state index contributed by atoms with van der Waals surface area (Å²) in [5, 5.41) is 3.75. The molecule has 1 heterocycles. The first kappa shape index (κ1) is 17.0. The number of halogens is 1. The molecule has 2 nitrogen and oxygen atoms in total. The predicted octanol–water partition coefficient (Wildman–Crippen LogP) is 3.86. The van der Waals surface area contributed by atoms with Crippen LogP contribution >= 0.6 is 11.6 Å². The van der Waals surface area contributed by atoms with E-state index in [9.17, 15) is 0 Å². The van der Waals surface area contributed by atoms with Gasteiger partial charge in [0.25, 0.3) is 0 Å². The molecule has 1 saturated heterocycles. The van der Waals surface area contributed by atoms with E-state index in [0.29, 0.717) is 17.5 Å². The molecule has 1 aliphatic heterocycles. The standard InChI is InChI=1S/C16H31ClN2/c1-7-13(3)14-9-18-15(16(4,5)6)11-19(14)10-12(2)8-17/h8,13-15,18H,7,9-11H2,1-6H3. The van der Waals surface area contributed by atoms with Gasteiger partial charge in [0, 0.05) is 37.3 Å². The van der Waals surface area contributed by atoms with Crippen molar-refractivity contribution in [2.45, 2.75) is 60.0 Å². The Morgan fingerprint density at radius 2 is 2.11 bits per heavy atom. The fourth-order valence-electron chi connectivity index (χ4n) is 2.78. The SMILES string of the molecule is CCC(C)C1CNC(C(C)(C)C)CN1CC(C)=CCl. The lowest BCUT2D eigenvalue weighted by atomic mass is 9.83. The molecular formula is C16H31ClN2. The van der Waals surface area contributed by atoms with Crippen LogP contribution in [-0.4, -0.2) is 36.6 Å². The normalized spacial score (nSPS) is 28.5. The fraction of sp³-hybridized carbons (Fsp3) is 0.875. The summed E-state index contributed by atoms with van der Waals surface area (Å²) in [4.78, 5) is 2.62. The lowest BCUT2D eigenvalue weighted by Gasteiger charge is -2.47. The number of hydrogen-bond donors (Lipinski definition) is 1. The van der Waals surface area contributed by atoms with Crippen molar-refractivity contribution in [3.63, 3.8) is 0 Å². The quantitative estimate of drug-likeness (QED) is 0.844. The van der Waals surface area contributed by atoms with E-state index in [0.717, 1.165) is 25.6 Å². The fourth-order valence-corrected chi connectivity index (χ4v) is 2.85. The highest BCUT2D eigenvalue weighted by Gasteiger charge is 2.35.